The molecule has 0 bridgehead atoms. The number of fused-ring (bicyclic) bond motifs is 1. The first kappa shape index (κ1) is 13.8. The van der Waals surface area contributed by atoms with Crippen LogP contribution in [0.3, 0.4) is 0 Å². The van der Waals surface area contributed by atoms with Crippen LogP contribution in [-0.4, -0.2) is 35.6 Å². The minimum atomic E-state index is 0.0486. The number of hydrogen-bond donors (Lipinski definition) is 3. The highest BCUT2D eigenvalue weighted by Crippen LogP contribution is 2.32. The van der Waals surface area contributed by atoms with Crippen molar-refractivity contribution in [1.29, 1.82) is 5.41 Å². The number of nitrogens with one attached hydrogen (secondary N) is 1. The molecule has 2 aromatic rings. The highest BCUT2D eigenvalue weighted by Gasteiger charge is 2.23. The molecule has 21 heavy (non-hydrogen) atoms. The molecule has 1 fully saturated rings. The third-order valence-corrected chi connectivity index (χ3v) is 4.23. The Balaban J connectivity index is 2.07. The van der Waals surface area contributed by atoms with Crippen molar-refractivity contribution in [3.63, 3.8) is 0 Å². The van der Waals surface area contributed by atoms with Gasteiger partial charge in [-0.15, -0.1) is 0 Å². The van der Waals surface area contributed by atoms with Gasteiger partial charge < -0.3 is 15.7 Å². The van der Waals surface area contributed by atoms with E-state index in [1.54, 1.807) is 6.20 Å². The molecule has 5 heteroatoms. The van der Waals surface area contributed by atoms with Crippen molar-refractivity contribution in [3.8, 4) is 0 Å². The van der Waals surface area contributed by atoms with Crippen molar-refractivity contribution >= 4 is 22.4 Å². The number of pyridine rings is 1. The van der Waals surface area contributed by atoms with E-state index in [4.69, 9.17) is 11.1 Å². The van der Waals surface area contributed by atoms with Crippen LogP contribution < -0.4 is 10.6 Å². The molecule has 1 aromatic heterocycles. The van der Waals surface area contributed by atoms with Crippen LogP contribution in [0.4, 0.5) is 5.69 Å². The second-order valence-corrected chi connectivity index (χ2v) is 5.56. The minimum absolute atomic E-state index is 0.0486. The lowest BCUT2D eigenvalue weighted by Gasteiger charge is -2.34. The monoisotopic (exact) mass is 284 g/mol. The second-order valence-electron chi connectivity index (χ2n) is 5.56. The highest BCUT2D eigenvalue weighted by atomic mass is 16.3. The number of nitrogen functional groups attached to an aromatic ring is 1. The van der Waals surface area contributed by atoms with Crippen molar-refractivity contribution in [1.82, 2.24) is 4.98 Å². The van der Waals surface area contributed by atoms with Crippen LogP contribution in [0.5, 0.6) is 0 Å². The van der Waals surface area contributed by atoms with Crippen LogP contribution in [-0.2, 0) is 0 Å². The topological polar surface area (TPSA) is 86.2 Å². The number of amidine groups is 1. The summed E-state index contributed by atoms with van der Waals surface area (Å²) in [5, 5.41) is 18.1. The number of aliphatic hydroxyl groups excluding tert-OH is 1. The smallest absolute Gasteiger partial charge is 0.126 e. The number of anilines is 1. The average Bonchev–Trinajstić information content (AvgIpc) is 2.53. The largest absolute Gasteiger partial charge is 0.396 e. The zero-order valence-corrected chi connectivity index (χ0v) is 11.9. The van der Waals surface area contributed by atoms with Crippen LogP contribution in [0.2, 0.25) is 0 Å². The molecule has 0 aliphatic carbocycles. The number of nitrogens with zero attached hydrogens (tertiary/aromatic N) is 2. The van der Waals surface area contributed by atoms with Crippen LogP contribution >= 0.6 is 0 Å². The summed E-state index contributed by atoms with van der Waals surface area (Å²) >= 11 is 0. The fourth-order valence-corrected chi connectivity index (χ4v) is 3.00. The molecule has 4 N–H and O–H groups in total. The molecular weight excluding hydrogens is 264 g/mol. The lowest BCUT2D eigenvalue weighted by Crippen LogP contribution is -2.36. The van der Waals surface area contributed by atoms with Gasteiger partial charge in [0.2, 0.25) is 0 Å². The molecule has 1 aromatic carbocycles. The van der Waals surface area contributed by atoms with E-state index in [0.29, 0.717) is 11.5 Å². The Morgan fingerprint density at radius 1 is 1.33 bits per heavy atom. The van der Waals surface area contributed by atoms with Gasteiger partial charge in [-0.1, -0.05) is 18.2 Å². The van der Waals surface area contributed by atoms with Crippen molar-refractivity contribution in [2.75, 3.05) is 24.6 Å². The van der Waals surface area contributed by atoms with Gasteiger partial charge in [0.1, 0.15) is 5.84 Å². The van der Waals surface area contributed by atoms with Crippen molar-refractivity contribution in [2.24, 2.45) is 11.7 Å². The van der Waals surface area contributed by atoms with E-state index < -0.39 is 0 Å². The van der Waals surface area contributed by atoms with Crippen LogP contribution in [0, 0.1) is 11.3 Å². The number of piperidine rings is 1. The first-order chi connectivity index (χ1) is 10.2. The molecule has 2 heterocycles. The van der Waals surface area contributed by atoms with E-state index in [2.05, 4.69) is 9.88 Å². The Labute approximate surface area is 123 Å². The average molecular weight is 284 g/mol. The van der Waals surface area contributed by atoms with Gasteiger partial charge in [-0.25, -0.2) is 0 Å². The van der Waals surface area contributed by atoms with Crippen molar-refractivity contribution < 1.29 is 5.11 Å². The lowest BCUT2D eigenvalue weighted by molar-refractivity contribution is 0.203. The standard InChI is InChI=1S/C16H20N4O/c17-16(18)13-9-19-14-4-2-1-3-12(14)15(13)20-7-5-11(10-21)6-8-20/h1-4,9,11,21H,5-8,10H2,(H3,17,18). The molecule has 1 saturated heterocycles. The number of nitrogens with two attached hydrogens (primary N) is 1. The summed E-state index contributed by atoms with van der Waals surface area (Å²) in [4.78, 5) is 6.67. The predicted molar refractivity (Wildman–Crippen MR) is 84.8 cm³/mol. The Morgan fingerprint density at radius 3 is 2.71 bits per heavy atom. The summed E-state index contributed by atoms with van der Waals surface area (Å²) in [5.41, 5.74) is 8.36. The van der Waals surface area contributed by atoms with Crippen molar-refractivity contribution in [3.05, 3.63) is 36.0 Å². The van der Waals surface area contributed by atoms with Gasteiger partial charge in [-0.05, 0) is 24.8 Å². The highest BCUT2D eigenvalue weighted by molar-refractivity contribution is 6.07. The van der Waals surface area contributed by atoms with E-state index in [0.717, 1.165) is 42.5 Å². The fourth-order valence-electron chi connectivity index (χ4n) is 3.00. The van der Waals surface area contributed by atoms with E-state index >= 15 is 0 Å². The van der Waals surface area contributed by atoms with E-state index in [1.165, 1.54) is 0 Å². The molecule has 0 amide bonds. The third-order valence-electron chi connectivity index (χ3n) is 4.23. The number of benzene rings is 1. The number of aromatic nitrogens is 1. The van der Waals surface area contributed by atoms with Gasteiger partial charge in [0.05, 0.1) is 16.8 Å². The molecule has 1 aliphatic heterocycles. The molecule has 0 radical (unpaired) electrons. The Kier molecular flexibility index (Phi) is 3.75. The molecule has 5 nitrogen and oxygen atoms in total. The van der Waals surface area contributed by atoms with Crippen LogP contribution in [0.25, 0.3) is 10.9 Å². The zero-order valence-electron chi connectivity index (χ0n) is 11.9. The maximum Gasteiger partial charge on any atom is 0.126 e. The molecule has 0 spiro atoms. The quantitative estimate of drug-likeness (QED) is 0.592. The van der Waals surface area contributed by atoms with Gasteiger partial charge in [-0.3, -0.25) is 10.4 Å². The van der Waals surface area contributed by atoms with Crippen LogP contribution in [0.15, 0.2) is 30.5 Å². The van der Waals surface area contributed by atoms with Gasteiger partial charge >= 0.3 is 0 Å². The van der Waals surface area contributed by atoms with Gasteiger partial charge in [0.15, 0.2) is 0 Å². The Bertz CT molecular complexity index is 662. The summed E-state index contributed by atoms with van der Waals surface area (Å²) in [6.07, 6.45) is 3.62. The van der Waals surface area contributed by atoms with Gasteiger partial charge in [0, 0.05) is 31.3 Å². The molecular formula is C16H20N4O. The van der Waals surface area contributed by atoms with E-state index in [9.17, 15) is 5.11 Å². The summed E-state index contributed by atoms with van der Waals surface area (Å²) < 4.78 is 0. The fraction of sp³-hybridized carbons (Fsp3) is 0.375. The molecule has 0 atom stereocenters. The second kappa shape index (κ2) is 5.69. The summed E-state index contributed by atoms with van der Waals surface area (Å²) in [6.45, 7) is 2.00. The summed E-state index contributed by atoms with van der Waals surface area (Å²) in [7, 11) is 0. The minimum Gasteiger partial charge on any atom is -0.396 e. The number of hydrogen-bond acceptors (Lipinski definition) is 4. The molecule has 1 aliphatic rings. The van der Waals surface area contributed by atoms with E-state index in [1.807, 2.05) is 24.3 Å². The normalized spacial score (nSPS) is 16.3. The molecule has 0 unspecified atom stereocenters. The molecule has 110 valence electrons. The maximum atomic E-state index is 9.28. The predicted octanol–water partition coefficient (Wildman–Crippen LogP) is 1.73. The first-order valence-corrected chi connectivity index (χ1v) is 7.28. The number of rotatable bonds is 3. The zero-order chi connectivity index (χ0) is 14.8. The van der Waals surface area contributed by atoms with Crippen LogP contribution in [0.1, 0.15) is 18.4 Å². The Hall–Kier alpha value is -2.14. The number of para-hydroxylation sites is 1. The third kappa shape index (κ3) is 2.56. The van der Waals surface area contributed by atoms with Gasteiger partial charge in [0.25, 0.3) is 0 Å². The first-order valence-electron chi connectivity index (χ1n) is 7.28. The maximum absolute atomic E-state index is 9.28. The molecule has 0 saturated carbocycles. The summed E-state index contributed by atoms with van der Waals surface area (Å²) in [5.74, 6) is 0.433. The summed E-state index contributed by atoms with van der Waals surface area (Å²) in [6, 6.07) is 7.95. The number of aliphatic hydroxyl groups is 1. The van der Waals surface area contributed by atoms with Gasteiger partial charge in [-0.2, -0.15) is 0 Å². The molecule has 3 rings (SSSR count). The SMILES string of the molecule is N=C(N)c1cnc2ccccc2c1N1CCC(CO)CC1. The van der Waals surface area contributed by atoms with E-state index in [-0.39, 0.29) is 12.4 Å². The lowest BCUT2D eigenvalue weighted by atomic mass is 9.96. The Morgan fingerprint density at radius 2 is 2.05 bits per heavy atom. The van der Waals surface area contributed by atoms with Crippen molar-refractivity contribution in [2.45, 2.75) is 12.8 Å².